The zero-order valence-electron chi connectivity index (χ0n) is 19.0. The lowest BCUT2D eigenvalue weighted by Gasteiger charge is -2.10. The van der Waals surface area contributed by atoms with Gasteiger partial charge in [0, 0.05) is 28.7 Å². The predicted octanol–water partition coefficient (Wildman–Crippen LogP) is 4.47. The van der Waals surface area contributed by atoms with Gasteiger partial charge in [-0.1, -0.05) is 17.7 Å². The number of pyridine rings is 1. The smallest absolute Gasteiger partial charge is 0.280 e. The Hall–Kier alpha value is -4.30. The zero-order chi connectivity index (χ0) is 24.5. The highest BCUT2D eigenvalue weighted by Crippen LogP contribution is 2.27. The number of nitrogens with one attached hydrogen (secondary N) is 2. The molecule has 0 bridgehead atoms. The van der Waals surface area contributed by atoms with Gasteiger partial charge in [-0.15, -0.1) is 0 Å². The van der Waals surface area contributed by atoms with Crippen LogP contribution < -0.4 is 20.3 Å². The molecule has 0 fully saturated rings. The van der Waals surface area contributed by atoms with Crippen LogP contribution in [0.3, 0.4) is 0 Å². The van der Waals surface area contributed by atoms with Crippen LogP contribution in [0.15, 0.2) is 71.7 Å². The molecule has 1 amide bonds. The second-order valence-electron chi connectivity index (χ2n) is 7.88. The number of carbonyl (C=O) groups is 1. The molecule has 9 heteroatoms. The summed E-state index contributed by atoms with van der Waals surface area (Å²) >= 11 is 5.98. The first-order valence-corrected chi connectivity index (χ1v) is 11.1. The molecule has 176 valence electrons. The normalized spacial score (nSPS) is 11.1. The Balaban J connectivity index is 1.46. The summed E-state index contributed by atoms with van der Waals surface area (Å²) in [5, 5.41) is 7.75. The van der Waals surface area contributed by atoms with E-state index in [1.165, 1.54) is 4.68 Å². The number of H-pyrrole nitrogens is 1. The standard InChI is InChI=1S/C26H21ClN4O4/c1-34-22-10-3-15(11-23(22)35-2)13-29-25(32)16-4-9-21-19(12-16)24-20(14-28-21)26(33)31(30-24)18-7-5-17(27)6-8-18/h3-12,14,30H,13H2,1-2H3,(H,29,32). The Labute approximate surface area is 205 Å². The highest BCUT2D eigenvalue weighted by Gasteiger charge is 2.15. The third-order valence-corrected chi connectivity index (χ3v) is 6.03. The molecule has 0 saturated carbocycles. The van der Waals surface area contributed by atoms with E-state index >= 15 is 0 Å². The summed E-state index contributed by atoms with van der Waals surface area (Å²) in [6.45, 7) is 0.309. The lowest BCUT2D eigenvalue weighted by molar-refractivity contribution is 0.0951. The number of hydrogen-bond donors (Lipinski definition) is 2. The second kappa shape index (κ2) is 9.15. The quantitative estimate of drug-likeness (QED) is 0.367. The minimum absolute atomic E-state index is 0.236. The average Bonchev–Trinajstić information content (AvgIpc) is 3.23. The Morgan fingerprint density at radius 2 is 1.77 bits per heavy atom. The number of aromatic amines is 1. The van der Waals surface area contributed by atoms with Crippen molar-refractivity contribution in [2.75, 3.05) is 14.2 Å². The fourth-order valence-corrected chi connectivity index (χ4v) is 4.07. The molecule has 35 heavy (non-hydrogen) atoms. The van der Waals surface area contributed by atoms with Gasteiger partial charge in [0.25, 0.3) is 11.5 Å². The maximum atomic E-state index is 13.0. The van der Waals surface area contributed by atoms with E-state index in [1.54, 1.807) is 68.9 Å². The molecular weight excluding hydrogens is 468 g/mol. The molecule has 2 N–H and O–H groups in total. The second-order valence-corrected chi connectivity index (χ2v) is 8.32. The van der Waals surface area contributed by atoms with Crippen molar-refractivity contribution in [1.82, 2.24) is 20.1 Å². The molecule has 2 aromatic heterocycles. The number of amides is 1. The number of ether oxygens (including phenoxy) is 2. The summed E-state index contributed by atoms with van der Waals surface area (Å²) in [4.78, 5) is 30.3. The van der Waals surface area contributed by atoms with E-state index in [4.69, 9.17) is 21.1 Å². The molecule has 8 nitrogen and oxygen atoms in total. The van der Waals surface area contributed by atoms with Crippen LogP contribution in [0.1, 0.15) is 15.9 Å². The summed E-state index contributed by atoms with van der Waals surface area (Å²) in [6, 6.07) is 17.6. The van der Waals surface area contributed by atoms with Crippen molar-refractivity contribution >= 4 is 39.3 Å². The number of halogens is 1. The van der Waals surface area contributed by atoms with Gasteiger partial charge in [0.2, 0.25) is 0 Å². The van der Waals surface area contributed by atoms with Crippen molar-refractivity contribution in [2.45, 2.75) is 6.54 Å². The van der Waals surface area contributed by atoms with Crippen molar-refractivity contribution in [3.8, 4) is 17.2 Å². The number of fused-ring (bicyclic) bond motifs is 3. The summed E-state index contributed by atoms with van der Waals surface area (Å²) < 4.78 is 12.0. The molecule has 0 aliphatic heterocycles. The van der Waals surface area contributed by atoms with Gasteiger partial charge in [-0.25, -0.2) is 4.68 Å². The van der Waals surface area contributed by atoms with Crippen molar-refractivity contribution in [3.63, 3.8) is 0 Å². The van der Waals surface area contributed by atoms with E-state index in [0.717, 1.165) is 5.56 Å². The number of nitrogens with zero attached hydrogens (tertiary/aromatic N) is 2. The fraction of sp³-hybridized carbons (Fsp3) is 0.115. The minimum Gasteiger partial charge on any atom is -0.493 e. The Morgan fingerprint density at radius 1 is 1.00 bits per heavy atom. The van der Waals surface area contributed by atoms with E-state index < -0.39 is 0 Å². The maximum absolute atomic E-state index is 13.0. The predicted molar refractivity (Wildman–Crippen MR) is 135 cm³/mol. The van der Waals surface area contributed by atoms with Gasteiger partial charge >= 0.3 is 0 Å². The largest absolute Gasteiger partial charge is 0.493 e. The van der Waals surface area contributed by atoms with E-state index in [2.05, 4.69) is 15.4 Å². The molecule has 0 radical (unpaired) electrons. The number of aromatic nitrogens is 3. The molecule has 3 aromatic carbocycles. The molecule has 0 aliphatic carbocycles. The first-order chi connectivity index (χ1) is 17.0. The lowest BCUT2D eigenvalue weighted by Crippen LogP contribution is -2.22. The monoisotopic (exact) mass is 488 g/mol. The van der Waals surface area contributed by atoms with Crippen LogP contribution in [-0.4, -0.2) is 34.9 Å². The maximum Gasteiger partial charge on any atom is 0.280 e. The number of rotatable bonds is 6. The van der Waals surface area contributed by atoms with Gasteiger partial charge < -0.3 is 14.8 Å². The van der Waals surface area contributed by atoms with Crippen LogP contribution in [0.2, 0.25) is 5.02 Å². The lowest BCUT2D eigenvalue weighted by atomic mass is 10.1. The fourth-order valence-electron chi connectivity index (χ4n) is 3.95. The van der Waals surface area contributed by atoms with Crippen molar-refractivity contribution in [1.29, 1.82) is 0 Å². The van der Waals surface area contributed by atoms with Crippen LogP contribution in [-0.2, 0) is 6.54 Å². The van der Waals surface area contributed by atoms with E-state index in [0.29, 0.717) is 56.1 Å². The van der Waals surface area contributed by atoms with Gasteiger partial charge in [0.1, 0.15) is 0 Å². The van der Waals surface area contributed by atoms with Gasteiger partial charge in [0.15, 0.2) is 11.5 Å². The molecule has 5 aromatic rings. The highest BCUT2D eigenvalue weighted by atomic mass is 35.5. The average molecular weight is 489 g/mol. The van der Waals surface area contributed by atoms with E-state index in [1.807, 2.05) is 12.1 Å². The highest BCUT2D eigenvalue weighted by molar-refractivity contribution is 6.30. The van der Waals surface area contributed by atoms with Crippen LogP contribution in [0.5, 0.6) is 11.5 Å². The summed E-state index contributed by atoms with van der Waals surface area (Å²) in [6.07, 6.45) is 1.54. The summed E-state index contributed by atoms with van der Waals surface area (Å²) in [5.74, 6) is 0.957. The molecular formula is C26H21ClN4O4. The van der Waals surface area contributed by atoms with Crippen LogP contribution in [0.4, 0.5) is 0 Å². The SMILES string of the molecule is COc1ccc(CNC(=O)c2ccc3ncc4c(=O)n(-c5ccc(Cl)cc5)[nH]c4c3c2)cc1OC. The Bertz CT molecular complexity index is 1620. The van der Waals surface area contributed by atoms with E-state index in [9.17, 15) is 9.59 Å². The number of carbonyl (C=O) groups excluding carboxylic acids is 1. The summed E-state index contributed by atoms with van der Waals surface area (Å²) in [7, 11) is 3.14. The topological polar surface area (TPSA) is 98.2 Å². The van der Waals surface area contributed by atoms with Gasteiger partial charge in [0.05, 0.1) is 36.3 Å². The molecule has 0 aliphatic rings. The molecule has 5 rings (SSSR count). The molecule has 0 unspecified atom stereocenters. The van der Waals surface area contributed by atoms with E-state index in [-0.39, 0.29) is 11.5 Å². The molecule has 0 atom stereocenters. The zero-order valence-corrected chi connectivity index (χ0v) is 19.7. The van der Waals surface area contributed by atoms with Crippen LogP contribution >= 0.6 is 11.6 Å². The molecule has 0 spiro atoms. The first-order valence-electron chi connectivity index (χ1n) is 10.8. The number of hydrogen-bond acceptors (Lipinski definition) is 5. The van der Waals surface area contributed by atoms with Crippen LogP contribution in [0, 0.1) is 0 Å². The third kappa shape index (κ3) is 4.20. The van der Waals surface area contributed by atoms with Crippen molar-refractivity contribution in [3.05, 3.63) is 93.4 Å². The molecule has 2 heterocycles. The van der Waals surface area contributed by atoms with Gasteiger partial charge in [-0.05, 0) is 60.2 Å². The van der Waals surface area contributed by atoms with Crippen molar-refractivity contribution < 1.29 is 14.3 Å². The number of methoxy groups -OCH3 is 2. The van der Waals surface area contributed by atoms with Crippen LogP contribution in [0.25, 0.3) is 27.5 Å². The third-order valence-electron chi connectivity index (χ3n) is 5.77. The summed E-state index contributed by atoms with van der Waals surface area (Å²) in [5.41, 5.74) is 2.99. The number of benzene rings is 3. The van der Waals surface area contributed by atoms with Gasteiger partial charge in [-0.3, -0.25) is 19.7 Å². The van der Waals surface area contributed by atoms with Crippen molar-refractivity contribution in [2.24, 2.45) is 0 Å². The first kappa shape index (κ1) is 22.5. The van der Waals surface area contributed by atoms with Gasteiger partial charge in [-0.2, -0.15) is 0 Å². The Morgan fingerprint density at radius 3 is 2.51 bits per heavy atom. The molecule has 0 saturated heterocycles. The minimum atomic E-state index is -0.252. The Kier molecular flexibility index (Phi) is 5.88.